The van der Waals surface area contributed by atoms with Crippen LogP contribution in [0, 0.1) is 13.8 Å². The van der Waals surface area contributed by atoms with Gasteiger partial charge in [0, 0.05) is 24.0 Å². The Morgan fingerprint density at radius 2 is 1.90 bits per heavy atom. The molecular formula is C30H27N3O5S. The summed E-state index contributed by atoms with van der Waals surface area (Å²) in [6.45, 7) is 6.12. The molecule has 0 bridgehead atoms. The molecule has 1 atom stereocenters. The SMILES string of the molecule is CCOC(=O)C1=C(c2ccccc2)N=c2s/c(=C/c3cc(C)n(C)c3C)c(=O)n2[C@@H]1c1ccc2c(c1)OCO2. The van der Waals surface area contributed by atoms with E-state index < -0.39 is 12.0 Å². The van der Waals surface area contributed by atoms with Gasteiger partial charge in [-0.3, -0.25) is 9.36 Å². The number of carbonyl (C=O) groups excluding carboxylic acids is 1. The number of nitrogens with zero attached hydrogens (tertiary/aromatic N) is 3. The standard InChI is InChI=1S/C30H27N3O5S/c1-5-36-29(35)25-26(19-9-7-6-8-10-19)31-30-33(27(25)20-11-12-22-23(14-20)38-16-37-22)28(34)24(39-30)15-21-13-17(2)32(4)18(21)3/h6-15,27H,5,16H2,1-4H3/b24-15+/t27-/m1/s1. The molecule has 0 fully saturated rings. The summed E-state index contributed by atoms with van der Waals surface area (Å²) in [4.78, 5) is 33.0. The van der Waals surface area contributed by atoms with Gasteiger partial charge in [-0.05, 0) is 56.2 Å². The van der Waals surface area contributed by atoms with E-state index in [-0.39, 0.29) is 19.0 Å². The molecule has 0 N–H and O–H groups in total. The number of thiazole rings is 1. The maximum Gasteiger partial charge on any atom is 0.338 e. The molecule has 0 spiro atoms. The van der Waals surface area contributed by atoms with Crippen LogP contribution < -0.4 is 24.4 Å². The maximum absolute atomic E-state index is 14.1. The van der Waals surface area contributed by atoms with Crippen molar-refractivity contribution >= 4 is 29.1 Å². The van der Waals surface area contributed by atoms with Gasteiger partial charge in [-0.25, -0.2) is 9.79 Å². The smallest absolute Gasteiger partial charge is 0.338 e. The molecule has 4 aromatic rings. The molecule has 2 aliphatic rings. The van der Waals surface area contributed by atoms with E-state index in [4.69, 9.17) is 19.2 Å². The van der Waals surface area contributed by atoms with Gasteiger partial charge in [0.15, 0.2) is 16.3 Å². The summed E-state index contributed by atoms with van der Waals surface area (Å²) in [6, 6.07) is 16.3. The highest BCUT2D eigenvalue weighted by Crippen LogP contribution is 2.40. The highest BCUT2D eigenvalue weighted by molar-refractivity contribution is 7.07. The van der Waals surface area contributed by atoms with Crippen LogP contribution in [0.5, 0.6) is 11.5 Å². The fourth-order valence-electron chi connectivity index (χ4n) is 5.01. The zero-order valence-corrected chi connectivity index (χ0v) is 22.9. The molecule has 2 aromatic carbocycles. The van der Waals surface area contributed by atoms with Gasteiger partial charge in [0.2, 0.25) is 6.79 Å². The second-order valence-corrected chi connectivity index (χ2v) is 10.4. The number of esters is 1. The molecule has 4 heterocycles. The van der Waals surface area contributed by atoms with Gasteiger partial charge < -0.3 is 18.8 Å². The minimum Gasteiger partial charge on any atom is -0.463 e. The fourth-order valence-corrected chi connectivity index (χ4v) is 6.00. The van der Waals surface area contributed by atoms with Gasteiger partial charge in [-0.1, -0.05) is 47.7 Å². The summed E-state index contributed by atoms with van der Waals surface area (Å²) in [5, 5.41) is 0. The Kier molecular flexibility index (Phi) is 6.23. The van der Waals surface area contributed by atoms with Crippen molar-refractivity contribution in [2.24, 2.45) is 12.0 Å². The van der Waals surface area contributed by atoms with E-state index in [9.17, 15) is 9.59 Å². The van der Waals surface area contributed by atoms with E-state index in [2.05, 4.69) is 10.6 Å². The lowest BCUT2D eigenvalue weighted by molar-refractivity contribution is -0.138. The molecule has 0 saturated carbocycles. The maximum atomic E-state index is 14.1. The lowest BCUT2D eigenvalue weighted by Gasteiger charge is -2.26. The summed E-state index contributed by atoms with van der Waals surface area (Å²) in [6.07, 6.45) is 1.90. The first kappa shape index (κ1) is 24.9. The molecule has 0 unspecified atom stereocenters. The lowest BCUT2D eigenvalue weighted by atomic mass is 9.93. The van der Waals surface area contributed by atoms with E-state index in [1.165, 1.54) is 11.3 Å². The van der Waals surface area contributed by atoms with Crippen LogP contribution in [0.15, 0.2) is 70.0 Å². The fraction of sp³-hybridized carbons (Fsp3) is 0.233. The highest BCUT2D eigenvalue weighted by atomic mass is 32.1. The average Bonchev–Trinajstić information content (AvgIpc) is 3.61. The minimum atomic E-state index is -0.772. The Morgan fingerprint density at radius 3 is 2.62 bits per heavy atom. The highest BCUT2D eigenvalue weighted by Gasteiger charge is 2.36. The number of fused-ring (bicyclic) bond motifs is 2. The van der Waals surface area contributed by atoms with E-state index in [1.54, 1.807) is 17.6 Å². The van der Waals surface area contributed by atoms with E-state index in [1.807, 2.05) is 69.4 Å². The first-order chi connectivity index (χ1) is 18.9. The molecule has 0 radical (unpaired) electrons. The van der Waals surface area contributed by atoms with Crippen LogP contribution >= 0.6 is 11.3 Å². The van der Waals surface area contributed by atoms with Gasteiger partial charge in [-0.15, -0.1) is 0 Å². The van der Waals surface area contributed by atoms with Crippen molar-refractivity contribution in [3.8, 4) is 11.5 Å². The Morgan fingerprint density at radius 1 is 1.13 bits per heavy atom. The third-order valence-electron chi connectivity index (χ3n) is 7.19. The van der Waals surface area contributed by atoms with Crippen LogP contribution in [-0.2, 0) is 16.6 Å². The van der Waals surface area contributed by atoms with Crippen molar-refractivity contribution in [3.05, 3.63) is 108 Å². The number of aryl methyl sites for hydroxylation is 1. The van der Waals surface area contributed by atoms with Gasteiger partial charge >= 0.3 is 5.97 Å². The zero-order valence-electron chi connectivity index (χ0n) is 22.1. The number of ether oxygens (including phenoxy) is 3. The normalized spacial score (nSPS) is 16.3. The molecule has 2 aromatic heterocycles. The first-order valence-electron chi connectivity index (χ1n) is 12.7. The molecule has 9 heteroatoms. The Bertz CT molecular complexity index is 1830. The van der Waals surface area contributed by atoms with Gasteiger partial charge in [0.25, 0.3) is 5.56 Å². The summed E-state index contributed by atoms with van der Waals surface area (Å²) in [5.41, 5.74) is 5.14. The van der Waals surface area contributed by atoms with Crippen molar-refractivity contribution in [2.45, 2.75) is 26.8 Å². The molecule has 0 saturated heterocycles. The molecule has 6 rings (SSSR count). The van der Waals surface area contributed by atoms with Gasteiger partial charge in [-0.2, -0.15) is 0 Å². The molecule has 39 heavy (non-hydrogen) atoms. The molecule has 8 nitrogen and oxygen atoms in total. The second-order valence-electron chi connectivity index (χ2n) is 9.43. The van der Waals surface area contributed by atoms with Crippen LogP contribution in [0.4, 0.5) is 0 Å². The average molecular weight is 542 g/mol. The summed E-state index contributed by atoms with van der Waals surface area (Å²) in [7, 11) is 2.00. The van der Waals surface area contributed by atoms with Crippen LogP contribution in [0.3, 0.4) is 0 Å². The van der Waals surface area contributed by atoms with Crippen molar-refractivity contribution in [2.75, 3.05) is 13.4 Å². The Labute approximate surface area is 228 Å². The van der Waals surface area contributed by atoms with Crippen LogP contribution in [0.25, 0.3) is 11.8 Å². The molecule has 198 valence electrons. The first-order valence-corrected chi connectivity index (χ1v) is 13.5. The molecule has 2 aliphatic heterocycles. The Hall–Kier alpha value is -4.37. The monoisotopic (exact) mass is 541 g/mol. The predicted octanol–water partition coefficient (Wildman–Crippen LogP) is 3.62. The van der Waals surface area contributed by atoms with Gasteiger partial charge in [0.05, 0.1) is 28.5 Å². The summed E-state index contributed by atoms with van der Waals surface area (Å²) in [5.74, 6) is 0.657. The van der Waals surface area contributed by atoms with Crippen molar-refractivity contribution in [1.29, 1.82) is 0 Å². The summed E-state index contributed by atoms with van der Waals surface area (Å²) >= 11 is 1.31. The number of carbonyl (C=O) groups is 1. The number of hydrogen-bond acceptors (Lipinski definition) is 7. The molecular weight excluding hydrogens is 514 g/mol. The number of benzene rings is 2. The van der Waals surface area contributed by atoms with Crippen LogP contribution in [0.2, 0.25) is 0 Å². The number of rotatable bonds is 5. The summed E-state index contributed by atoms with van der Waals surface area (Å²) < 4.78 is 20.9. The van der Waals surface area contributed by atoms with E-state index in [0.717, 1.165) is 22.5 Å². The Balaban J connectivity index is 1.66. The predicted molar refractivity (Wildman–Crippen MR) is 149 cm³/mol. The van der Waals surface area contributed by atoms with Crippen LogP contribution in [-0.4, -0.2) is 28.5 Å². The van der Waals surface area contributed by atoms with Gasteiger partial charge in [0.1, 0.15) is 0 Å². The van der Waals surface area contributed by atoms with Crippen molar-refractivity contribution < 1.29 is 19.0 Å². The van der Waals surface area contributed by atoms with E-state index in [0.29, 0.717) is 37.7 Å². The van der Waals surface area contributed by atoms with E-state index >= 15 is 0 Å². The molecule has 0 amide bonds. The van der Waals surface area contributed by atoms with Crippen molar-refractivity contribution in [3.63, 3.8) is 0 Å². The zero-order chi connectivity index (χ0) is 27.3. The number of aromatic nitrogens is 2. The topological polar surface area (TPSA) is 84.1 Å². The second kappa shape index (κ2) is 9.74. The molecule has 0 aliphatic carbocycles. The van der Waals surface area contributed by atoms with Crippen molar-refractivity contribution in [1.82, 2.24) is 9.13 Å². The minimum absolute atomic E-state index is 0.118. The van der Waals surface area contributed by atoms with Crippen LogP contribution in [0.1, 0.15) is 41.0 Å². The third-order valence-corrected chi connectivity index (χ3v) is 8.17. The number of hydrogen-bond donors (Lipinski definition) is 0. The third kappa shape index (κ3) is 4.19. The lowest BCUT2D eigenvalue weighted by Crippen LogP contribution is -2.40. The largest absolute Gasteiger partial charge is 0.463 e. The quantitative estimate of drug-likeness (QED) is 0.361.